The number of hydrogen-bond donors (Lipinski definition) is 1. The number of carbonyl (C=O) groups excluding carboxylic acids is 1. The van der Waals surface area contributed by atoms with Gasteiger partial charge >= 0.3 is 5.97 Å². The Hall–Kier alpha value is -2.29. The monoisotopic (exact) mass is 338 g/mol. The van der Waals surface area contributed by atoms with E-state index in [-0.39, 0.29) is 22.5 Å². The zero-order valence-electron chi connectivity index (χ0n) is 15.8. The first-order chi connectivity index (χ1) is 11.5. The largest absolute Gasteiger partial charge is 0.508 e. The zero-order valence-corrected chi connectivity index (χ0v) is 15.8. The second-order valence-electron chi connectivity index (χ2n) is 8.89. The molecular weight excluding hydrogens is 312 g/mol. The quantitative estimate of drug-likeness (QED) is 0.585. The number of hydrogen-bond acceptors (Lipinski definition) is 3. The molecule has 3 nitrogen and oxygen atoms in total. The van der Waals surface area contributed by atoms with Gasteiger partial charge in [-0.15, -0.1) is 0 Å². The van der Waals surface area contributed by atoms with E-state index in [9.17, 15) is 9.90 Å². The maximum Gasteiger partial charge on any atom is 0.323 e. The van der Waals surface area contributed by atoms with Crippen LogP contribution in [0.4, 0.5) is 0 Å². The molecule has 1 unspecified atom stereocenters. The highest BCUT2D eigenvalue weighted by Crippen LogP contribution is 2.47. The van der Waals surface area contributed by atoms with Gasteiger partial charge in [-0.2, -0.15) is 0 Å². The molecule has 1 aliphatic rings. The summed E-state index contributed by atoms with van der Waals surface area (Å²) in [5.41, 5.74) is 3.71. The van der Waals surface area contributed by atoms with Crippen LogP contribution in [0, 0.1) is 0 Å². The van der Waals surface area contributed by atoms with Crippen molar-refractivity contribution in [2.75, 3.05) is 0 Å². The number of phenols is 1. The first kappa shape index (κ1) is 17.5. The van der Waals surface area contributed by atoms with E-state index in [1.165, 1.54) is 5.56 Å². The van der Waals surface area contributed by atoms with Crippen molar-refractivity contribution >= 4 is 5.97 Å². The molecule has 1 aliphatic heterocycles. The first-order valence-electron chi connectivity index (χ1n) is 8.68. The van der Waals surface area contributed by atoms with Crippen molar-refractivity contribution in [1.29, 1.82) is 0 Å². The van der Waals surface area contributed by atoms with Crippen LogP contribution in [0.25, 0.3) is 0 Å². The highest BCUT2D eigenvalue weighted by molar-refractivity contribution is 5.90. The highest BCUT2D eigenvalue weighted by Gasteiger charge is 2.39. The van der Waals surface area contributed by atoms with E-state index >= 15 is 0 Å². The predicted octanol–water partition coefficient (Wildman–Crippen LogP) is 5.04. The normalized spacial score (nSPS) is 17.4. The number of esters is 1. The predicted molar refractivity (Wildman–Crippen MR) is 99.4 cm³/mol. The van der Waals surface area contributed by atoms with Gasteiger partial charge in [-0.25, -0.2) is 0 Å². The van der Waals surface area contributed by atoms with Crippen molar-refractivity contribution in [1.82, 2.24) is 0 Å². The summed E-state index contributed by atoms with van der Waals surface area (Å²) in [5.74, 6) is 0.0586. The van der Waals surface area contributed by atoms with Gasteiger partial charge in [-0.3, -0.25) is 4.79 Å². The highest BCUT2D eigenvalue weighted by atomic mass is 16.5. The van der Waals surface area contributed by atoms with E-state index in [4.69, 9.17) is 4.74 Å². The first-order valence-corrected chi connectivity index (χ1v) is 8.68. The molecule has 0 saturated carbocycles. The topological polar surface area (TPSA) is 46.5 Å². The van der Waals surface area contributed by atoms with Gasteiger partial charge in [0.05, 0.1) is 0 Å². The standard InChI is InChI=1S/C22H26O3/c1-21(2,3)14-11-16-18(13-8-7-9-15(23)10-13)20(24)25-19(16)17(12-14)22(4,5)6/h7-12,18,23H,1-6H3. The van der Waals surface area contributed by atoms with Crippen molar-refractivity contribution in [3.05, 3.63) is 58.7 Å². The van der Waals surface area contributed by atoms with Crippen LogP contribution in [0.2, 0.25) is 0 Å². The van der Waals surface area contributed by atoms with Gasteiger partial charge in [0.1, 0.15) is 17.4 Å². The number of aromatic hydroxyl groups is 1. The Bertz CT molecular complexity index is 835. The molecule has 2 aromatic rings. The number of ether oxygens (including phenoxy) is 1. The lowest BCUT2D eigenvalue weighted by atomic mass is 9.77. The molecule has 3 rings (SSSR count). The summed E-state index contributed by atoms with van der Waals surface area (Å²) in [6.07, 6.45) is 0. The average molecular weight is 338 g/mol. The van der Waals surface area contributed by atoms with Gasteiger partial charge in [0.25, 0.3) is 0 Å². The molecule has 0 aromatic heterocycles. The van der Waals surface area contributed by atoms with Crippen LogP contribution in [0.3, 0.4) is 0 Å². The lowest BCUT2D eigenvalue weighted by molar-refractivity contribution is -0.133. The summed E-state index contributed by atoms with van der Waals surface area (Å²) in [5, 5.41) is 9.82. The van der Waals surface area contributed by atoms with Crippen molar-refractivity contribution in [3.8, 4) is 11.5 Å². The summed E-state index contributed by atoms with van der Waals surface area (Å²) in [7, 11) is 0. The molecule has 0 amide bonds. The minimum atomic E-state index is -0.495. The second-order valence-corrected chi connectivity index (χ2v) is 8.89. The van der Waals surface area contributed by atoms with Gasteiger partial charge in [-0.1, -0.05) is 65.8 Å². The Morgan fingerprint density at radius 2 is 1.64 bits per heavy atom. The van der Waals surface area contributed by atoms with Crippen molar-refractivity contribution in [2.45, 2.75) is 58.3 Å². The number of carbonyl (C=O) groups is 1. The summed E-state index contributed by atoms with van der Waals surface area (Å²) in [6.45, 7) is 12.9. The van der Waals surface area contributed by atoms with E-state index in [2.05, 4.69) is 53.7 Å². The van der Waals surface area contributed by atoms with Gasteiger partial charge in [0.15, 0.2) is 0 Å². The van der Waals surface area contributed by atoms with E-state index in [0.717, 1.165) is 16.7 Å². The molecule has 0 saturated heterocycles. The third-order valence-electron chi connectivity index (χ3n) is 4.74. The maximum atomic E-state index is 12.7. The Kier molecular flexibility index (Phi) is 3.94. The van der Waals surface area contributed by atoms with Gasteiger partial charge < -0.3 is 9.84 Å². The SMILES string of the molecule is CC(C)(C)c1cc2c(c(C(C)(C)C)c1)OC(=O)C2c1cccc(O)c1. The third-order valence-corrected chi connectivity index (χ3v) is 4.74. The molecule has 3 heteroatoms. The second kappa shape index (κ2) is 5.62. The maximum absolute atomic E-state index is 12.7. The van der Waals surface area contributed by atoms with Gasteiger partial charge in [0, 0.05) is 11.1 Å². The van der Waals surface area contributed by atoms with Crippen molar-refractivity contribution in [3.63, 3.8) is 0 Å². The molecule has 1 N–H and O–H groups in total. The lowest BCUT2D eigenvalue weighted by Crippen LogP contribution is -2.17. The summed E-state index contributed by atoms with van der Waals surface area (Å²) < 4.78 is 5.72. The Morgan fingerprint density at radius 3 is 2.20 bits per heavy atom. The summed E-state index contributed by atoms with van der Waals surface area (Å²) >= 11 is 0. The molecule has 0 fully saturated rings. The molecular formula is C22H26O3. The molecule has 0 spiro atoms. The number of fused-ring (bicyclic) bond motifs is 1. The fourth-order valence-electron chi connectivity index (χ4n) is 3.28. The van der Waals surface area contributed by atoms with E-state index in [0.29, 0.717) is 5.75 Å². The van der Waals surface area contributed by atoms with Crippen LogP contribution in [-0.4, -0.2) is 11.1 Å². The minimum absolute atomic E-state index is 0.0377. The van der Waals surface area contributed by atoms with E-state index in [1.54, 1.807) is 18.2 Å². The third kappa shape index (κ3) is 3.15. The van der Waals surface area contributed by atoms with Crippen molar-refractivity contribution < 1.29 is 14.6 Å². The molecule has 0 aliphatic carbocycles. The lowest BCUT2D eigenvalue weighted by Gasteiger charge is -2.27. The number of benzene rings is 2. The van der Waals surface area contributed by atoms with Crippen LogP contribution < -0.4 is 4.74 Å². The average Bonchev–Trinajstić information content (AvgIpc) is 2.79. The van der Waals surface area contributed by atoms with Gasteiger partial charge in [-0.05, 0) is 34.1 Å². The molecule has 0 bridgehead atoms. The number of rotatable bonds is 1. The molecule has 1 atom stereocenters. The van der Waals surface area contributed by atoms with Crippen LogP contribution in [0.5, 0.6) is 11.5 Å². The Morgan fingerprint density at radius 1 is 0.960 bits per heavy atom. The molecule has 132 valence electrons. The van der Waals surface area contributed by atoms with E-state index in [1.807, 2.05) is 6.07 Å². The minimum Gasteiger partial charge on any atom is -0.508 e. The Balaban J connectivity index is 2.27. The molecule has 2 aromatic carbocycles. The molecule has 1 heterocycles. The molecule has 0 radical (unpaired) electrons. The fraction of sp³-hybridized carbons (Fsp3) is 0.409. The van der Waals surface area contributed by atoms with Crippen LogP contribution in [0.15, 0.2) is 36.4 Å². The number of phenolic OH excluding ortho intramolecular Hbond substituents is 1. The fourth-order valence-corrected chi connectivity index (χ4v) is 3.28. The Labute approximate surface area is 149 Å². The van der Waals surface area contributed by atoms with Gasteiger partial charge in [0.2, 0.25) is 0 Å². The summed E-state index contributed by atoms with van der Waals surface area (Å²) in [6, 6.07) is 11.1. The molecule has 25 heavy (non-hydrogen) atoms. The smallest absolute Gasteiger partial charge is 0.323 e. The van der Waals surface area contributed by atoms with E-state index < -0.39 is 5.92 Å². The zero-order chi connectivity index (χ0) is 18.6. The summed E-state index contributed by atoms with van der Waals surface area (Å²) in [4.78, 5) is 12.7. The van der Waals surface area contributed by atoms with Crippen LogP contribution in [-0.2, 0) is 15.6 Å². The van der Waals surface area contributed by atoms with Crippen LogP contribution in [0.1, 0.15) is 69.7 Å². The van der Waals surface area contributed by atoms with Crippen molar-refractivity contribution in [2.24, 2.45) is 0 Å². The van der Waals surface area contributed by atoms with Crippen LogP contribution >= 0.6 is 0 Å².